The first-order valence-electron chi connectivity index (χ1n) is 8.03. The molecule has 0 fully saturated rings. The van der Waals surface area contributed by atoms with Crippen LogP contribution in [0.3, 0.4) is 0 Å². The van der Waals surface area contributed by atoms with E-state index in [-0.39, 0.29) is 29.8 Å². The van der Waals surface area contributed by atoms with Crippen molar-refractivity contribution < 1.29 is 18.0 Å². The van der Waals surface area contributed by atoms with Gasteiger partial charge in [0.05, 0.1) is 4.90 Å². The molecule has 1 aliphatic rings. The van der Waals surface area contributed by atoms with Gasteiger partial charge in [-0.1, -0.05) is 6.08 Å². The maximum absolute atomic E-state index is 12.4. The Balaban J connectivity index is 2.07. The van der Waals surface area contributed by atoms with Crippen LogP contribution < -0.4 is 9.62 Å². The van der Waals surface area contributed by atoms with Crippen LogP contribution >= 0.6 is 0 Å². The molecule has 1 aliphatic heterocycles. The number of carbonyl (C=O) groups excluding carboxylic acids is 2. The fraction of sp³-hybridized carbons (Fsp3) is 0.412. The molecule has 136 valence electrons. The van der Waals surface area contributed by atoms with Gasteiger partial charge in [0.15, 0.2) is 0 Å². The number of rotatable bonds is 7. The smallest absolute Gasteiger partial charge is 0.240 e. The monoisotopic (exact) mass is 365 g/mol. The molecule has 0 saturated heterocycles. The number of hydrogen-bond acceptors (Lipinski definition) is 4. The van der Waals surface area contributed by atoms with E-state index in [1.54, 1.807) is 23.1 Å². The molecule has 25 heavy (non-hydrogen) atoms. The zero-order valence-corrected chi connectivity index (χ0v) is 15.3. The largest absolute Gasteiger partial charge is 0.338 e. The summed E-state index contributed by atoms with van der Waals surface area (Å²) in [6.45, 7) is 7.82. The first kappa shape index (κ1) is 19.1. The molecule has 1 N–H and O–H groups in total. The number of carbonyl (C=O) groups is 2. The third-order valence-corrected chi connectivity index (χ3v) is 5.56. The van der Waals surface area contributed by atoms with Crippen LogP contribution in [0.4, 0.5) is 5.69 Å². The van der Waals surface area contributed by atoms with E-state index >= 15 is 0 Å². The fourth-order valence-electron chi connectivity index (χ4n) is 2.80. The van der Waals surface area contributed by atoms with Crippen molar-refractivity contribution >= 4 is 27.5 Å². The Morgan fingerprint density at radius 3 is 2.68 bits per heavy atom. The lowest BCUT2D eigenvalue weighted by Gasteiger charge is -2.19. The molecule has 0 bridgehead atoms. The normalized spacial score (nSPS) is 13.4. The average Bonchev–Trinajstić information content (AvgIpc) is 2.97. The van der Waals surface area contributed by atoms with E-state index in [1.165, 1.54) is 24.8 Å². The Morgan fingerprint density at radius 1 is 1.36 bits per heavy atom. The number of fused-ring (bicyclic) bond motifs is 1. The molecule has 2 rings (SSSR count). The SMILES string of the molecule is C=CCN(CCNS(=O)(=O)c1ccc2c(c1)CCN2C(C)=O)C(C)=O. The molecule has 0 spiro atoms. The first-order chi connectivity index (χ1) is 11.8. The highest BCUT2D eigenvalue weighted by atomic mass is 32.2. The number of sulfonamides is 1. The minimum Gasteiger partial charge on any atom is -0.338 e. The Bertz CT molecular complexity index is 789. The Hall–Kier alpha value is -2.19. The van der Waals surface area contributed by atoms with Crippen LogP contribution in [-0.4, -0.2) is 51.3 Å². The van der Waals surface area contributed by atoms with Crippen LogP contribution in [0.25, 0.3) is 0 Å². The molecule has 8 heteroatoms. The number of nitrogens with zero attached hydrogens (tertiary/aromatic N) is 2. The van der Waals surface area contributed by atoms with E-state index < -0.39 is 10.0 Å². The zero-order valence-electron chi connectivity index (χ0n) is 14.5. The highest BCUT2D eigenvalue weighted by molar-refractivity contribution is 7.89. The van der Waals surface area contributed by atoms with Crippen molar-refractivity contribution in [3.63, 3.8) is 0 Å². The summed E-state index contributed by atoms with van der Waals surface area (Å²) in [6, 6.07) is 4.76. The topological polar surface area (TPSA) is 86.8 Å². The van der Waals surface area contributed by atoms with Gasteiger partial charge in [-0.15, -0.1) is 6.58 Å². The summed E-state index contributed by atoms with van der Waals surface area (Å²) in [4.78, 5) is 26.3. The lowest BCUT2D eigenvalue weighted by atomic mass is 10.2. The molecule has 0 radical (unpaired) electrons. The van der Waals surface area contributed by atoms with Gasteiger partial charge in [0.1, 0.15) is 0 Å². The maximum Gasteiger partial charge on any atom is 0.240 e. The first-order valence-corrected chi connectivity index (χ1v) is 9.51. The Morgan fingerprint density at radius 2 is 2.08 bits per heavy atom. The maximum atomic E-state index is 12.4. The van der Waals surface area contributed by atoms with Crippen LogP contribution in [0, 0.1) is 0 Å². The van der Waals surface area contributed by atoms with E-state index in [0.29, 0.717) is 19.5 Å². The summed E-state index contributed by atoms with van der Waals surface area (Å²) in [5.74, 6) is -0.194. The van der Waals surface area contributed by atoms with Crippen molar-refractivity contribution in [3.8, 4) is 0 Å². The molecule has 0 aliphatic carbocycles. The molecule has 2 amide bonds. The second-order valence-electron chi connectivity index (χ2n) is 5.86. The highest BCUT2D eigenvalue weighted by Crippen LogP contribution is 2.30. The minimum absolute atomic E-state index is 0.0565. The molecule has 1 aromatic rings. The number of nitrogens with one attached hydrogen (secondary N) is 1. The molecule has 1 aromatic carbocycles. The molecule has 0 unspecified atom stereocenters. The van der Waals surface area contributed by atoms with Crippen molar-refractivity contribution in [1.82, 2.24) is 9.62 Å². The molecular formula is C17H23N3O4S. The van der Waals surface area contributed by atoms with E-state index in [9.17, 15) is 18.0 Å². The predicted molar refractivity (Wildman–Crippen MR) is 95.8 cm³/mol. The van der Waals surface area contributed by atoms with Gasteiger partial charge >= 0.3 is 0 Å². The van der Waals surface area contributed by atoms with Gasteiger partial charge in [0, 0.05) is 45.7 Å². The number of benzene rings is 1. The second-order valence-corrected chi connectivity index (χ2v) is 7.63. The summed E-state index contributed by atoms with van der Waals surface area (Å²) >= 11 is 0. The van der Waals surface area contributed by atoms with E-state index in [2.05, 4.69) is 11.3 Å². The van der Waals surface area contributed by atoms with E-state index in [0.717, 1.165) is 11.3 Å². The van der Waals surface area contributed by atoms with E-state index in [1.807, 2.05) is 0 Å². The van der Waals surface area contributed by atoms with Crippen molar-refractivity contribution in [2.24, 2.45) is 0 Å². The van der Waals surface area contributed by atoms with Gasteiger partial charge in [-0.2, -0.15) is 0 Å². The van der Waals surface area contributed by atoms with Crippen LogP contribution in [0.15, 0.2) is 35.7 Å². The molecule has 0 atom stereocenters. The zero-order chi connectivity index (χ0) is 18.6. The van der Waals surface area contributed by atoms with Crippen LogP contribution in [0.2, 0.25) is 0 Å². The molecule has 1 heterocycles. The Kier molecular flexibility index (Phi) is 5.97. The predicted octanol–water partition coefficient (Wildman–Crippen LogP) is 0.908. The molecule has 0 saturated carbocycles. The van der Waals surface area contributed by atoms with Crippen molar-refractivity contribution in [2.75, 3.05) is 31.1 Å². The summed E-state index contributed by atoms with van der Waals surface area (Å²) in [7, 11) is -3.67. The van der Waals surface area contributed by atoms with Crippen molar-refractivity contribution in [2.45, 2.75) is 25.2 Å². The number of amides is 2. The minimum atomic E-state index is -3.67. The quantitative estimate of drug-likeness (QED) is 0.728. The summed E-state index contributed by atoms with van der Waals surface area (Å²) in [6.07, 6.45) is 2.23. The third kappa shape index (κ3) is 4.46. The standard InChI is InChI=1S/C17H23N3O4S/c1-4-9-19(13(2)21)11-8-18-25(23,24)16-5-6-17-15(12-16)7-10-20(17)14(3)22/h4-6,12,18H,1,7-11H2,2-3H3. The van der Waals surface area contributed by atoms with Gasteiger partial charge in [0.2, 0.25) is 21.8 Å². The number of hydrogen-bond donors (Lipinski definition) is 1. The summed E-state index contributed by atoms with van der Waals surface area (Å²) in [5.41, 5.74) is 1.61. The summed E-state index contributed by atoms with van der Waals surface area (Å²) < 4.78 is 27.4. The second kappa shape index (κ2) is 7.79. The van der Waals surface area contributed by atoms with Crippen molar-refractivity contribution in [1.29, 1.82) is 0 Å². The van der Waals surface area contributed by atoms with E-state index in [4.69, 9.17) is 0 Å². The Labute approximate surface area is 148 Å². The van der Waals surface area contributed by atoms with Crippen molar-refractivity contribution in [3.05, 3.63) is 36.4 Å². The number of anilines is 1. The lowest BCUT2D eigenvalue weighted by Crippen LogP contribution is -2.37. The van der Waals surface area contributed by atoms with Gasteiger partial charge < -0.3 is 9.80 Å². The van der Waals surface area contributed by atoms with Gasteiger partial charge in [-0.05, 0) is 30.2 Å². The van der Waals surface area contributed by atoms with Gasteiger partial charge in [-0.3, -0.25) is 9.59 Å². The third-order valence-electron chi connectivity index (χ3n) is 4.11. The molecule has 0 aromatic heterocycles. The lowest BCUT2D eigenvalue weighted by molar-refractivity contribution is -0.128. The average molecular weight is 365 g/mol. The molecule has 7 nitrogen and oxygen atoms in total. The van der Waals surface area contributed by atoms with Gasteiger partial charge in [0.25, 0.3) is 0 Å². The van der Waals surface area contributed by atoms with Crippen LogP contribution in [0.5, 0.6) is 0 Å². The molecular weight excluding hydrogens is 342 g/mol. The highest BCUT2D eigenvalue weighted by Gasteiger charge is 2.24. The van der Waals surface area contributed by atoms with Gasteiger partial charge in [-0.25, -0.2) is 13.1 Å². The summed E-state index contributed by atoms with van der Waals surface area (Å²) in [5, 5.41) is 0. The fourth-order valence-corrected chi connectivity index (χ4v) is 3.88. The van der Waals surface area contributed by atoms with Crippen LogP contribution in [-0.2, 0) is 26.0 Å². The van der Waals surface area contributed by atoms with Crippen LogP contribution in [0.1, 0.15) is 19.4 Å².